The first-order valence-corrected chi connectivity index (χ1v) is 4.71. The first kappa shape index (κ1) is 8.61. The molecule has 1 aliphatic heterocycles. The second-order valence-corrected chi connectivity index (χ2v) is 3.70. The maximum atomic E-state index is 10.7. The number of halogens is 1. The fraction of sp³-hybridized carbons (Fsp3) is 0.125. The maximum Gasteiger partial charge on any atom is 0.314 e. The van der Waals surface area contributed by atoms with E-state index in [2.05, 4.69) is 10.2 Å². The molecule has 1 N–H and O–H groups in total. The van der Waals surface area contributed by atoms with Crippen molar-refractivity contribution in [2.24, 2.45) is 16.1 Å². The molecule has 1 aliphatic carbocycles. The van der Waals surface area contributed by atoms with E-state index < -0.39 is 11.9 Å². The summed E-state index contributed by atoms with van der Waals surface area (Å²) < 4.78 is 0.753. The van der Waals surface area contributed by atoms with Crippen LogP contribution in [0.4, 0.5) is 0 Å². The summed E-state index contributed by atoms with van der Waals surface area (Å²) in [5.74, 6) is -1.40. The SMILES string of the molecule is O=C(O)[C@@H]1C=CC2=NN=C(I)C2=C1. The molecule has 2 rings (SSSR count). The van der Waals surface area contributed by atoms with Gasteiger partial charge in [-0.3, -0.25) is 4.79 Å². The van der Waals surface area contributed by atoms with E-state index in [9.17, 15) is 4.79 Å². The third-order valence-electron chi connectivity index (χ3n) is 1.84. The lowest BCUT2D eigenvalue weighted by molar-refractivity contribution is -0.138. The number of rotatable bonds is 1. The standard InChI is InChI=1S/C8H5IN2O2/c9-7-5-3-4(8(12)13)1-2-6(5)10-11-7/h1-4H,(H,12,13)/t4-/m1/s1. The summed E-state index contributed by atoms with van der Waals surface area (Å²) >= 11 is 2.04. The van der Waals surface area contributed by atoms with Crippen LogP contribution in [0.1, 0.15) is 0 Å². The summed E-state index contributed by atoms with van der Waals surface area (Å²) in [6, 6.07) is 0. The van der Waals surface area contributed by atoms with Gasteiger partial charge in [0.05, 0.1) is 11.6 Å². The predicted molar refractivity (Wildman–Crippen MR) is 57.2 cm³/mol. The van der Waals surface area contributed by atoms with E-state index in [0.29, 0.717) is 0 Å². The number of fused-ring (bicyclic) bond motifs is 1. The van der Waals surface area contributed by atoms with Crippen molar-refractivity contribution in [1.82, 2.24) is 0 Å². The van der Waals surface area contributed by atoms with E-state index in [4.69, 9.17) is 5.11 Å². The van der Waals surface area contributed by atoms with Crippen LogP contribution in [-0.2, 0) is 4.79 Å². The highest BCUT2D eigenvalue weighted by molar-refractivity contribution is 14.1. The largest absolute Gasteiger partial charge is 0.481 e. The molecular weight excluding hydrogens is 283 g/mol. The molecule has 5 heteroatoms. The topological polar surface area (TPSA) is 62.0 Å². The zero-order valence-electron chi connectivity index (χ0n) is 6.44. The summed E-state index contributed by atoms with van der Waals surface area (Å²) in [6.07, 6.45) is 4.97. The van der Waals surface area contributed by atoms with Crippen LogP contribution in [0.3, 0.4) is 0 Å². The van der Waals surface area contributed by atoms with Crippen molar-refractivity contribution in [2.75, 3.05) is 0 Å². The minimum atomic E-state index is -0.848. The summed E-state index contributed by atoms with van der Waals surface area (Å²) in [5, 5.41) is 16.5. The minimum absolute atomic E-state index is 0.549. The van der Waals surface area contributed by atoms with Gasteiger partial charge < -0.3 is 5.11 Å². The van der Waals surface area contributed by atoms with Crippen LogP contribution in [-0.4, -0.2) is 20.5 Å². The van der Waals surface area contributed by atoms with Crippen LogP contribution >= 0.6 is 22.6 Å². The van der Waals surface area contributed by atoms with E-state index in [1.54, 1.807) is 18.2 Å². The lowest BCUT2D eigenvalue weighted by atomic mass is 9.97. The average molecular weight is 288 g/mol. The molecule has 0 aromatic heterocycles. The molecule has 0 fully saturated rings. The Balaban J connectivity index is 2.36. The lowest BCUT2D eigenvalue weighted by Crippen LogP contribution is -2.15. The van der Waals surface area contributed by atoms with Crippen LogP contribution in [0.5, 0.6) is 0 Å². The van der Waals surface area contributed by atoms with Crippen molar-refractivity contribution in [1.29, 1.82) is 0 Å². The molecule has 0 radical (unpaired) electrons. The van der Waals surface area contributed by atoms with Gasteiger partial charge in [0.25, 0.3) is 0 Å². The lowest BCUT2D eigenvalue weighted by Gasteiger charge is -2.08. The third kappa shape index (κ3) is 1.43. The predicted octanol–water partition coefficient (Wildman–Crippen LogP) is 1.39. The Morgan fingerprint density at radius 2 is 2.31 bits per heavy atom. The van der Waals surface area contributed by atoms with Gasteiger partial charge in [-0.15, -0.1) is 10.2 Å². The average Bonchev–Trinajstić information content (AvgIpc) is 2.47. The Bertz CT molecular complexity index is 393. The quantitative estimate of drug-likeness (QED) is 0.741. The van der Waals surface area contributed by atoms with Gasteiger partial charge in [-0.05, 0) is 28.7 Å². The molecule has 0 spiro atoms. The van der Waals surface area contributed by atoms with Gasteiger partial charge >= 0.3 is 5.97 Å². The third-order valence-corrected chi connectivity index (χ3v) is 2.63. The molecule has 0 saturated heterocycles. The molecule has 0 aromatic carbocycles. The smallest absolute Gasteiger partial charge is 0.314 e. The molecule has 66 valence electrons. The Morgan fingerprint density at radius 3 is 3.00 bits per heavy atom. The normalized spacial score (nSPS) is 24.7. The van der Waals surface area contributed by atoms with Crippen molar-refractivity contribution in [3.63, 3.8) is 0 Å². The number of carboxylic acids is 1. The second-order valence-electron chi connectivity index (χ2n) is 2.68. The molecule has 1 atom stereocenters. The highest BCUT2D eigenvalue weighted by Gasteiger charge is 2.23. The Kier molecular flexibility index (Phi) is 2.03. The minimum Gasteiger partial charge on any atom is -0.481 e. The maximum absolute atomic E-state index is 10.7. The molecule has 4 nitrogen and oxygen atoms in total. The van der Waals surface area contributed by atoms with Gasteiger partial charge in [-0.25, -0.2) is 0 Å². The molecule has 1 heterocycles. The molecule has 0 unspecified atom stereocenters. The Labute approximate surface area is 87.9 Å². The number of allylic oxidation sites excluding steroid dienone is 2. The molecule has 0 bridgehead atoms. The van der Waals surface area contributed by atoms with Gasteiger partial charge in [-0.2, -0.15) is 0 Å². The van der Waals surface area contributed by atoms with Crippen molar-refractivity contribution in [2.45, 2.75) is 0 Å². The highest BCUT2D eigenvalue weighted by atomic mass is 127. The van der Waals surface area contributed by atoms with Gasteiger partial charge in [0.2, 0.25) is 0 Å². The summed E-state index contributed by atoms with van der Waals surface area (Å²) in [5.41, 5.74) is 1.58. The number of carboxylic acid groups (broad SMARTS) is 1. The number of hydrogen-bond acceptors (Lipinski definition) is 3. The van der Waals surface area contributed by atoms with Crippen molar-refractivity contribution >= 4 is 38.0 Å². The van der Waals surface area contributed by atoms with Crippen LogP contribution < -0.4 is 0 Å². The van der Waals surface area contributed by atoms with Gasteiger partial charge in [-0.1, -0.05) is 12.2 Å². The van der Waals surface area contributed by atoms with Gasteiger partial charge in [0.1, 0.15) is 3.72 Å². The molecule has 0 aromatic rings. The number of carbonyl (C=O) groups is 1. The molecular formula is C8H5IN2O2. The van der Waals surface area contributed by atoms with Crippen LogP contribution in [0.2, 0.25) is 0 Å². The zero-order valence-corrected chi connectivity index (χ0v) is 8.59. The monoisotopic (exact) mass is 288 g/mol. The number of hydrogen-bond donors (Lipinski definition) is 1. The molecule has 0 saturated carbocycles. The van der Waals surface area contributed by atoms with E-state index in [1.165, 1.54) is 0 Å². The highest BCUT2D eigenvalue weighted by Crippen LogP contribution is 2.23. The fourth-order valence-electron chi connectivity index (χ4n) is 1.17. The summed E-state index contributed by atoms with van der Waals surface area (Å²) in [7, 11) is 0. The fourth-order valence-corrected chi connectivity index (χ4v) is 1.74. The molecule has 13 heavy (non-hydrogen) atoms. The summed E-state index contributed by atoms with van der Waals surface area (Å²) in [6.45, 7) is 0. The number of aliphatic carboxylic acids is 1. The van der Waals surface area contributed by atoms with Gasteiger partial charge in [0, 0.05) is 5.57 Å². The van der Waals surface area contributed by atoms with Crippen LogP contribution in [0.15, 0.2) is 34.0 Å². The Morgan fingerprint density at radius 1 is 1.54 bits per heavy atom. The van der Waals surface area contributed by atoms with E-state index in [0.717, 1.165) is 15.0 Å². The van der Waals surface area contributed by atoms with E-state index in [-0.39, 0.29) is 0 Å². The first-order valence-electron chi connectivity index (χ1n) is 3.63. The summed E-state index contributed by atoms with van der Waals surface area (Å²) in [4.78, 5) is 10.7. The molecule has 0 amide bonds. The second kappa shape index (κ2) is 3.06. The van der Waals surface area contributed by atoms with Crippen LogP contribution in [0, 0.1) is 5.92 Å². The van der Waals surface area contributed by atoms with Crippen molar-refractivity contribution in [3.05, 3.63) is 23.8 Å². The number of nitrogens with zero attached hydrogens (tertiary/aromatic N) is 2. The van der Waals surface area contributed by atoms with Crippen molar-refractivity contribution in [3.8, 4) is 0 Å². The first-order chi connectivity index (χ1) is 6.18. The molecule has 2 aliphatic rings. The van der Waals surface area contributed by atoms with E-state index in [1.807, 2.05) is 22.6 Å². The van der Waals surface area contributed by atoms with Gasteiger partial charge in [0.15, 0.2) is 0 Å². The van der Waals surface area contributed by atoms with Crippen LogP contribution in [0.25, 0.3) is 0 Å². The van der Waals surface area contributed by atoms with E-state index >= 15 is 0 Å². The zero-order chi connectivity index (χ0) is 9.42. The Hall–Kier alpha value is -0.980. The van der Waals surface area contributed by atoms with Crippen molar-refractivity contribution < 1.29 is 9.90 Å².